The summed E-state index contributed by atoms with van der Waals surface area (Å²) < 4.78 is 0. The number of nitrogens with zero attached hydrogens (tertiary/aromatic N) is 1. The number of phenols is 1. The second-order valence-electron chi connectivity index (χ2n) is 6.05. The molecule has 0 bridgehead atoms. The van der Waals surface area contributed by atoms with Gasteiger partial charge in [-0.05, 0) is 35.9 Å². The third-order valence-corrected chi connectivity index (χ3v) is 4.56. The van der Waals surface area contributed by atoms with E-state index in [1.54, 1.807) is 12.1 Å². The quantitative estimate of drug-likeness (QED) is 0.474. The minimum atomic E-state index is -1.28. The van der Waals surface area contributed by atoms with E-state index in [0.717, 1.165) is 0 Å². The Morgan fingerprint density at radius 2 is 1.75 bits per heavy atom. The first-order chi connectivity index (χ1) is 13.2. The molecule has 2 aromatic carbocycles. The molecule has 1 aromatic heterocycles. The van der Waals surface area contributed by atoms with Crippen LogP contribution in [0.15, 0.2) is 42.5 Å². The lowest BCUT2D eigenvalue weighted by Gasteiger charge is -2.17. The Morgan fingerprint density at radius 1 is 1.07 bits per heavy atom. The summed E-state index contributed by atoms with van der Waals surface area (Å²) in [5.74, 6) is -2.52. The first kappa shape index (κ1) is 19.7. The summed E-state index contributed by atoms with van der Waals surface area (Å²) in [5.41, 5.74) is 0.732. The molecular weight excluding hydrogens is 407 g/mol. The fourth-order valence-electron chi connectivity index (χ4n) is 2.72. The van der Waals surface area contributed by atoms with Gasteiger partial charge in [-0.15, -0.1) is 0 Å². The average molecular weight is 421 g/mol. The summed E-state index contributed by atoms with van der Waals surface area (Å²) in [7, 11) is 0. The number of aromatic nitrogens is 1. The Labute approximate surface area is 169 Å². The molecule has 9 heteroatoms. The monoisotopic (exact) mass is 420 g/mol. The zero-order valence-electron chi connectivity index (χ0n) is 14.2. The Kier molecular flexibility index (Phi) is 5.58. The van der Waals surface area contributed by atoms with Crippen LogP contribution in [0.1, 0.15) is 15.9 Å². The van der Waals surface area contributed by atoms with Gasteiger partial charge in [-0.2, -0.15) is 0 Å². The molecule has 1 atom stereocenters. The van der Waals surface area contributed by atoms with E-state index in [4.69, 9.17) is 23.2 Å². The minimum absolute atomic E-state index is 0.0444. The van der Waals surface area contributed by atoms with Crippen molar-refractivity contribution in [2.45, 2.75) is 12.5 Å². The van der Waals surface area contributed by atoms with Gasteiger partial charge in [-0.1, -0.05) is 35.3 Å². The van der Waals surface area contributed by atoms with Gasteiger partial charge >= 0.3 is 11.9 Å². The van der Waals surface area contributed by atoms with Crippen LogP contribution in [0.4, 0.5) is 5.82 Å². The average Bonchev–Trinajstić information content (AvgIpc) is 2.62. The van der Waals surface area contributed by atoms with Crippen LogP contribution in [0.2, 0.25) is 10.0 Å². The van der Waals surface area contributed by atoms with Crippen molar-refractivity contribution < 1.29 is 24.9 Å². The topological polar surface area (TPSA) is 120 Å². The van der Waals surface area contributed by atoms with Crippen molar-refractivity contribution in [3.05, 3.63) is 63.6 Å². The first-order valence-corrected chi connectivity index (χ1v) is 8.80. The second-order valence-corrected chi connectivity index (χ2v) is 6.90. The number of halogens is 2. The van der Waals surface area contributed by atoms with Gasteiger partial charge in [0.15, 0.2) is 0 Å². The van der Waals surface area contributed by atoms with Crippen LogP contribution in [0.3, 0.4) is 0 Å². The number of aromatic carboxylic acids is 1. The van der Waals surface area contributed by atoms with E-state index in [1.165, 1.54) is 30.3 Å². The van der Waals surface area contributed by atoms with E-state index in [1.807, 2.05) is 0 Å². The molecule has 3 rings (SSSR count). The lowest BCUT2D eigenvalue weighted by Crippen LogP contribution is -2.32. The summed E-state index contributed by atoms with van der Waals surface area (Å²) in [4.78, 5) is 27.6. The number of phenolic OH excluding ortho intramolecular Hbond substituents is 1. The number of hydrogen-bond donors (Lipinski definition) is 4. The fourth-order valence-corrected chi connectivity index (χ4v) is 3.27. The number of aliphatic carboxylic acids is 1. The van der Waals surface area contributed by atoms with Gasteiger partial charge in [0.05, 0.1) is 10.5 Å². The van der Waals surface area contributed by atoms with Gasteiger partial charge < -0.3 is 20.6 Å². The number of pyridine rings is 1. The highest BCUT2D eigenvalue weighted by Gasteiger charge is 2.23. The number of nitrogens with one attached hydrogen (secondary N) is 1. The molecule has 0 saturated carbocycles. The van der Waals surface area contributed by atoms with Crippen molar-refractivity contribution in [3.63, 3.8) is 0 Å². The predicted molar refractivity (Wildman–Crippen MR) is 106 cm³/mol. The van der Waals surface area contributed by atoms with Crippen molar-refractivity contribution in [1.29, 1.82) is 0 Å². The molecule has 0 amide bonds. The van der Waals surface area contributed by atoms with Crippen LogP contribution in [0.5, 0.6) is 5.75 Å². The molecule has 0 fully saturated rings. The number of rotatable bonds is 6. The summed E-state index contributed by atoms with van der Waals surface area (Å²) in [6.45, 7) is 0. The van der Waals surface area contributed by atoms with E-state index < -0.39 is 18.0 Å². The SMILES string of the molecule is O=C(O)c1cc2cc(Cl)cc(Cl)c2nc1N[C@@H](Cc1ccc(O)cc1)C(=O)O. The number of carboxylic acid groups (broad SMARTS) is 2. The van der Waals surface area contributed by atoms with Gasteiger partial charge in [-0.3, -0.25) is 0 Å². The maximum absolute atomic E-state index is 11.7. The molecule has 3 aromatic rings. The van der Waals surface area contributed by atoms with Gasteiger partial charge in [0, 0.05) is 16.8 Å². The maximum atomic E-state index is 11.7. The fraction of sp³-hybridized carbons (Fsp3) is 0.105. The lowest BCUT2D eigenvalue weighted by molar-refractivity contribution is -0.137. The molecule has 144 valence electrons. The third kappa shape index (κ3) is 4.27. The third-order valence-electron chi connectivity index (χ3n) is 4.05. The van der Waals surface area contributed by atoms with E-state index in [0.29, 0.717) is 21.5 Å². The molecule has 0 radical (unpaired) electrons. The summed E-state index contributed by atoms with van der Waals surface area (Å²) in [5, 5.41) is 32.1. The molecule has 0 saturated heterocycles. The standard InChI is InChI=1S/C19H14Cl2N2O5/c20-11-6-10-7-13(18(25)26)17(23-16(10)14(21)8-11)22-15(19(27)28)5-9-1-3-12(24)4-2-9/h1-4,6-8,15,24H,5H2,(H,22,23)(H,25,26)(H,27,28)/t15-/m0/s1. The number of carboxylic acids is 2. The van der Waals surface area contributed by atoms with Crippen molar-refractivity contribution in [3.8, 4) is 5.75 Å². The number of fused-ring (bicyclic) bond motifs is 1. The molecule has 7 nitrogen and oxygen atoms in total. The van der Waals surface area contributed by atoms with E-state index >= 15 is 0 Å². The molecule has 0 aliphatic carbocycles. The minimum Gasteiger partial charge on any atom is -0.508 e. The highest BCUT2D eigenvalue weighted by atomic mass is 35.5. The highest BCUT2D eigenvalue weighted by Crippen LogP contribution is 2.30. The molecule has 0 spiro atoms. The van der Waals surface area contributed by atoms with Crippen molar-refractivity contribution in [2.75, 3.05) is 5.32 Å². The maximum Gasteiger partial charge on any atom is 0.339 e. The number of carbonyl (C=O) groups is 2. The van der Waals surface area contributed by atoms with Crippen molar-refractivity contribution in [2.24, 2.45) is 0 Å². The summed E-state index contributed by atoms with van der Waals surface area (Å²) in [6, 6.07) is 9.22. The Bertz CT molecular complexity index is 1070. The van der Waals surface area contributed by atoms with Crippen LogP contribution in [0.25, 0.3) is 10.9 Å². The van der Waals surface area contributed by atoms with Gasteiger partial charge in [0.1, 0.15) is 23.2 Å². The van der Waals surface area contributed by atoms with Crippen LogP contribution < -0.4 is 5.32 Å². The number of hydrogen-bond acceptors (Lipinski definition) is 5. The predicted octanol–water partition coefficient (Wildman–Crippen LogP) is 4.05. The van der Waals surface area contributed by atoms with Crippen LogP contribution in [-0.4, -0.2) is 38.3 Å². The summed E-state index contributed by atoms with van der Waals surface area (Å²) in [6.07, 6.45) is 0.0444. The molecule has 0 aliphatic rings. The zero-order chi connectivity index (χ0) is 20.4. The Balaban J connectivity index is 2.02. The van der Waals surface area contributed by atoms with E-state index in [9.17, 15) is 24.9 Å². The summed E-state index contributed by atoms with van der Waals surface area (Å²) >= 11 is 12.1. The number of benzene rings is 2. The molecule has 1 heterocycles. The van der Waals surface area contributed by atoms with Gasteiger partial charge in [0.2, 0.25) is 0 Å². The second kappa shape index (κ2) is 7.92. The first-order valence-electron chi connectivity index (χ1n) is 8.05. The normalized spacial score (nSPS) is 11.9. The molecule has 0 aliphatic heterocycles. The van der Waals surface area contributed by atoms with E-state index in [2.05, 4.69) is 10.3 Å². The molecule has 4 N–H and O–H groups in total. The lowest BCUT2D eigenvalue weighted by atomic mass is 10.1. The van der Waals surface area contributed by atoms with Gasteiger partial charge in [-0.25, -0.2) is 14.6 Å². The number of anilines is 1. The largest absolute Gasteiger partial charge is 0.508 e. The van der Waals surface area contributed by atoms with Gasteiger partial charge in [0.25, 0.3) is 0 Å². The highest BCUT2D eigenvalue weighted by molar-refractivity contribution is 6.38. The van der Waals surface area contributed by atoms with E-state index in [-0.39, 0.29) is 28.6 Å². The van der Waals surface area contributed by atoms with Crippen LogP contribution >= 0.6 is 23.2 Å². The molecular formula is C19H14Cl2N2O5. The zero-order valence-corrected chi connectivity index (χ0v) is 15.7. The Hall–Kier alpha value is -3.03. The smallest absolute Gasteiger partial charge is 0.339 e. The molecule has 0 unspecified atom stereocenters. The molecule has 28 heavy (non-hydrogen) atoms. The number of aromatic hydroxyl groups is 1. The van der Waals surface area contributed by atoms with Crippen molar-refractivity contribution >= 4 is 51.9 Å². The van der Waals surface area contributed by atoms with Crippen LogP contribution in [0, 0.1) is 0 Å². The van der Waals surface area contributed by atoms with Crippen molar-refractivity contribution in [1.82, 2.24) is 4.98 Å². The Morgan fingerprint density at radius 3 is 2.36 bits per heavy atom. The van der Waals surface area contributed by atoms with Crippen LogP contribution in [-0.2, 0) is 11.2 Å².